The van der Waals surface area contributed by atoms with Crippen LogP contribution < -0.4 is 0 Å². The van der Waals surface area contributed by atoms with Gasteiger partial charge < -0.3 is 4.98 Å². The number of nitriles is 1. The number of hydrogen-bond donors (Lipinski definition) is 1. The molecule has 0 aliphatic heterocycles. The highest BCUT2D eigenvalue weighted by molar-refractivity contribution is 7.12. The fraction of sp³-hybridized carbons (Fsp3) is 0.188. The van der Waals surface area contributed by atoms with Crippen molar-refractivity contribution in [1.82, 2.24) is 9.97 Å². The summed E-state index contributed by atoms with van der Waals surface area (Å²) in [5.74, 6) is -0.685. The van der Waals surface area contributed by atoms with Crippen LogP contribution in [0, 0.1) is 25.2 Å². The molecule has 1 unspecified atom stereocenters. The number of carbonyl (C=O) groups excluding carboxylic acids is 1. The van der Waals surface area contributed by atoms with Crippen molar-refractivity contribution in [3.8, 4) is 6.07 Å². The first-order valence-corrected chi connectivity index (χ1v) is 7.37. The number of Topliss-reactive ketones (excluding diaryl/α,β-unsaturated/α-hetero) is 1. The highest BCUT2D eigenvalue weighted by Crippen LogP contribution is 2.27. The SMILES string of the molecule is Cc1cc(C(=O)C(C#N)c2nc3ccccc3[nH]2)c(C)s1. The zero-order chi connectivity index (χ0) is 15.0. The molecule has 0 bridgehead atoms. The average molecular weight is 295 g/mol. The molecule has 0 amide bonds. The monoisotopic (exact) mass is 295 g/mol. The minimum atomic E-state index is -0.898. The van der Waals surface area contributed by atoms with Crippen LogP contribution in [0.1, 0.15) is 31.9 Å². The van der Waals surface area contributed by atoms with Crippen LogP contribution in [-0.4, -0.2) is 15.8 Å². The smallest absolute Gasteiger partial charge is 0.188 e. The topological polar surface area (TPSA) is 69.5 Å². The Morgan fingerprint density at radius 3 is 2.76 bits per heavy atom. The second-order valence-corrected chi connectivity index (χ2v) is 6.35. The molecule has 1 aromatic carbocycles. The van der Waals surface area contributed by atoms with E-state index in [0.717, 1.165) is 20.8 Å². The van der Waals surface area contributed by atoms with Gasteiger partial charge >= 0.3 is 0 Å². The molecule has 1 atom stereocenters. The van der Waals surface area contributed by atoms with Crippen molar-refractivity contribution in [2.75, 3.05) is 0 Å². The number of rotatable bonds is 3. The van der Waals surface area contributed by atoms with Gasteiger partial charge in [-0.05, 0) is 32.0 Å². The van der Waals surface area contributed by atoms with Gasteiger partial charge in [-0.2, -0.15) is 5.26 Å². The van der Waals surface area contributed by atoms with Crippen LogP contribution in [0.4, 0.5) is 0 Å². The summed E-state index contributed by atoms with van der Waals surface area (Å²) in [6, 6.07) is 11.4. The van der Waals surface area contributed by atoms with Gasteiger partial charge in [0.2, 0.25) is 0 Å². The van der Waals surface area contributed by atoms with Crippen molar-refractivity contribution in [1.29, 1.82) is 5.26 Å². The highest BCUT2D eigenvalue weighted by atomic mass is 32.1. The predicted octanol–water partition coefficient (Wildman–Crippen LogP) is 3.73. The van der Waals surface area contributed by atoms with Crippen molar-refractivity contribution in [2.24, 2.45) is 0 Å². The predicted molar refractivity (Wildman–Crippen MR) is 82.6 cm³/mol. The number of imidazole rings is 1. The number of thiophene rings is 1. The summed E-state index contributed by atoms with van der Waals surface area (Å²) in [5, 5.41) is 9.41. The van der Waals surface area contributed by atoms with E-state index in [1.54, 1.807) is 11.3 Å². The molecule has 3 rings (SSSR count). The summed E-state index contributed by atoms with van der Waals surface area (Å²) < 4.78 is 0. The number of hydrogen-bond acceptors (Lipinski definition) is 4. The molecule has 2 heterocycles. The van der Waals surface area contributed by atoms with Crippen molar-refractivity contribution in [3.05, 3.63) is 51.5 Å². The number of aromatic nitrogens is 2. The molecule has 0 radical (unpaired) electrons. The molecule has 5 heteroatoms. The van der Waals surface area contributed by atoms with E-state index in [4.69, 9.17) is 0 Å². The van der Waals surface area contributed by atoms with Crippen molar-refractivity contribution in [2.45, 2.75) is 19.8 Å². The van der Waals surface area contributed by atoms with Crippen LogP contribution in [0.25, 0.3) is 11.0 Å². The Hall–Kier alpha value is -2.45. The lowest BCUT2D eigenvalue weighted by atomic mass is 9.98. The van der Waals surface area contributed by atoms with Crippen molar-refractivity contribution in [3.63, 3.8) is 0 Å². The minimum Gasteiger partial charge on any atom is -0.340 e. The molecule has 2 aromatic heterocycles. The molecule has 0 aliphatic carbocycles. The molecule has 0 saturated heterocycles. The van der Waals surface area contributed by atoms with Gasteiger partial charge in [0.1, 0.15) is 5.82 Å². The largest absolute Gasteiger partial charge is 0.340 e. The van der Waals surface area contributed by atoms with Crippen LogP contribution in [-0.2, 0) is 0 Å². The Morgan fingerprint density at radius 1 is 1.38 bits per heavy atom. The summed E-state index contributed by atoms with van der Waals surface area (Å²) >= 11 is 1.56. The van der Waals surface area contributed by atoms with Crippen LogP contribution in [0.2, 0.25) is 0 Å². The number of carbonyl (C=O) groups is 1. The normalized spacial score (nSPS) is 12.2. The van der Waals surface area contributed by atoms with E-state index >= 15 is 0 Å². The highest BCUT2D eigenvalue weighted by Gasteiger charge is 2.27. The lowest BCUT2D eigenvalue weighted by Gasteiger charge is -2.04. The number of aromatic amines is 1. The molecule has 104 valence electrons. The van der Waals surface area contributed by atoms with E-state index in [0.29, 0.717) is 11.4 Å². The number of nitrogens with zero attached hydrogens (tertiary/aromatic N) is 2. The Labute approximate surface area is 126 Å². The lowest BCUT2D eigenvalue weighted by Crippen LogP contribution is -2.13. The van der Waals surface area contributed by atoms with Gasteiger partial charge in [-0.3, -0.25) is 4.79 Å². The van der Waals surface area contributed by atoms with Crippen LogP contribution >= 0.6 is 11.3 Å². The van der Waals surface area contributed by atoms with E-state index in [2.05, 4.69) is 16.0 Å². The molecule has 0 aliphatic rings. The number of H-pyrrole nitrogens is 1. The second kappa shape index (κ2) is 5.15. The third-order valence-electron chi connectivity index (χ3n) is 3.38. The van der Waals surface area contributed by atoms with Crippen LogP contribution in [0.15, 0.2) is 30.3 Å². The van der Waals surface area contributed by atoms with Crippen LogP contribution in [0.5, 0.6) is 0 Å². The van der Waals surface area contributed by atoms with E-state index in [1.165, 1.54) is 0 Å². The Bertz CT molecular complexity index is 836. The van der Waals surface area contributed by atoms with E-state index in [-0.39, 0.29) is 5.78 Å². The van der Waals surface area contributed by atoms with E-state index < -0.39 is 5.92 Å². The van der Waals surface area contributed by atoms with E-state index in [9.17, 15) is 10.1 Å². The van der Waals surface area contributed by atoms with Crippen LogP contribution in [0.3, 0.4) is 0 Å². The van der Waals surface area contributed by atoms with Crippen molar-refractivity contribution < 1.29 is 4.79 Å². The van der Waals surface area contributed by atoms with Gasteiger partial charge in [-0.25, -0.2) is 4.98 Å². The quantitative estimate of drug-likeness (QED) is 0.748. The molecule has 21 heavy (non-hydrogen) atoms. The van der Waals surface area contributed by atoms with Gasteiger partial charge in [0.25, 0.3) is 0 Å². The number of para-hydroxylation sites is 2. The Kier molecular flexibility index (Phi) is 3.32. The number of fused-ring (bicyclic) bond motifs is 1. The maximum atomic E-state index is 12.6. The van der Waals surface area contributed by atoms with Gasteiger partial charge in [0.15, 0.2) is 11.7 Å². The third kappa shape index (κ3) is 2.34. The van der Waals surface area contributed by atoms with Gasteiger partial charge in [0, 0.05) is 15.3 Å². The molecule has 1 N–H and O–H groups in total. The zero-order valence-corrected chi connectivity index (χ0v) is 12.5. The standard InChI is InChI=1S/C16H13N3OS/c1-9-7-11(10(2)21-9)15(20)12(8-17)16-18-13-5-3-4-6-14(13)19-16/h3-7,12H,1-2H3,(H,18,19). The molecule has 0 saturated carbocycles. The lowest BCUT2D eigenvalue weighted by molar-refractivity contribution is 0.0976. The first-order chi connectivity index (χ1) is 10.1. The van der Waals surface area contributed by atoms with Crippen molar-refractivity contribution >= 4 is 28.2 Å². The molecule has 0 spiro atoms. The number of nitrogens with one attached hydrogen (secondary N) is 1. The van der Waals surface area contributed by atoms with Gasteiger partial charge in [-0.1, -0.05) is 12.1 Å². The Balaban J connectivity index is 2.04. The fourth-order valence-electron chi connectivity index (χ4n) is 2.38. The number of aryl methyl sites for hydroxylation is 2. The third-order valence-corrected chi connectivity index (χ3v) is 4.34. The minimum absolute atomic E-state index is 0.196. The Morgan fingerprint density at radius 2 is 2.14 bits per heavy atom. The summed E-state index contributed by atoms with van der Waals surface area (Å²) in [4.78, 5) is 22.1. The first kappa shape index (κ1) is 13.5. The first-order valence-electron chi connectivity index (χ1n) is 6.55. The summed E-state index contributed by atoms with van der Waals surface area (Å²) in [7, 11) is 0. The molecular weight excluding hydrogens is 282 g/mol. The summed E-state index contributed by atoms with van der Waals surface area (Å²) in [6.45, 7) is 3.86. The maximum Gasteiger partial charge on any atom is 0.188 e. The van der Waals surface area contributed by atoms with E-state index in [1.807, 2.05) is 44.2 Å². The maximum absolute atomic E-state index is 12.6. The molecular formula is C16H13N3OS. The summed E-state index contributed by atoms with van der Waals surface area (Å²) in [6.07, 6.45) is 0. The molecule has 0 fully saturated rings. The number of ketones is 1. The fourth-order valence-corrected chi connectivity index (χ4v) is 3.31. The molecule has 3 aromatic rings. The molecule has 4 nitrogen and oxygen atoms in total. The zero-order valence-electron chi connectivity index (χ0n) is 11.7. The average Bonchev–Trinajstić information content (AvgIpc) is 3.02. The second-order valence-electron chi connectivity index (χ2n) is 4.89. The summed E-state index contributed by atoms with van der Waals surface area (Å²) in [5.41, 5.74) is 2.21. The van der Waals surface area contributed by atoms with Gasteiger partial charge in [-0.15, -0.1) is 11.3 Å². The van der Waals surface area contributed by atoms with Gasteiger partial charge in [0.05, 0.1) is 17.1 Å². The number of benzene rings is 1.